The second-order valence-corrected chi connectivity index (χ2v) is 6.12. The predicted octanol–water partition coefficient (Wildman–Crippen LogP) is 3.38. The summed E-state index contributed by atoms with van der Waals surface area (Å²) in [5.41, 5.74) is -0.679. The molecular formula is C15H21F2NO2S. The van der Waals surface area contributed by atoms with Gasteiger partial charge in [-0.15, -0.1) is 11.8 Å². The van der Waals surface area contributed by atoms with Gasteiger partial charge in [0, 0.05) is 4.90 Å². The molecule has 1 unspecified atom stereocenters. The Morgan fingerprint density at radius 3 is 2.62 bits per heavy atom. The van der Waals surface area contributed by atoms with Gasteiger partial charge in [0.15, 0.2) is 11.6 Å². The molecular weight excluding hydrogens is 296 g/mol. The lowest BCUT2D eigenvalue weighted by Crippen LogP contribution is -2.48. The van der Waals surface area contributed by atoms with Crippen LogP contribution in [0, 0.1) is 11.6 Å². The third-order valence-electron chi connectivity index (χ3n) is 3.42. The van der Waals surface area contributed by atoms with Gasteiger partial charge in [-0.05, 0) is 50.8 Å². The monoisotopic (exact) mass is 317 g/mol. The fourth-order valence-corrected chi connectivity index (χ4v) is 2.83. The van der Waals surface area contributed by atoms with E-state index in [-0.39, 0.29) is 5.97 Å². The van der Waals surface area contributed by atoms with E-state index in [1.807, 2.05) is 0 Å². The average molecular weight is 317 g/mol. The normalized spacial score (nSPS) is 13.8. The number of benzene rings is 1. The number of halogens is 2. The van der Waals surface area contributed by atoms with Crippen LogP contribution in [0.1, 0.15) is 26.2 Å². The molecule has 118 valence electrons. The van der Waals surface area contributed by atoms with E-state index >= 15 is 0 Å². The summed E-state index contributed by atoms with van der Waals surface area (Å²) in [6.07, 6.45) is 2.37. The zero-order valence-corrected chi connectivity index (χ0v) is 13.4. The van der Waals surface area contributed by atoms with Gasteiger partial charge < -0.3 is 10.1 Å². The molecule has 0 spiro atoms. The molecule has 0 aromatic heterocycles. The lowest BCUT2D eigenvalue weighted by Gasteiger charge is -2.25. The number of likely N-dealkylation sites (N-methyl/N-ethyl adjacent to an activating group) is 1. The van der Waals surface area contributed by atoms with Crippen molar-refractivity contribution in [3.05, 3.63) is 29.8 Å². The third kappa shape index (κ3) is 5.28. The minimum atomic E-state index is -0.831. The van der Waals surface area contributed by atoms with Crippen molar-refractivity contribution >= 4 is 17.7 Å². The average Bonchev–Trinajstić information content (AvgIpc) is 2.49. The number of esters is 1. The number of carbonyl (C=O) groups excluding carboxylic acids is 1. The summed E-state index contributed by atoms with van der Waals surface area (Å²) >= 11 is 1.47. The lowest BCUT2D eigenvalue weighted by atomic mass is 9.95. The van der Waals surface area contributed by atoms with Crippen LogP contribution in [0.4, 0.5) is 8.78 Å². The topological polar surface area (TPSA) is 38.3 Å². The Hall–Kier alpha value is -1.14. The predicted molar refractivity (Wildman–Crippen MR) is 80.4 cm³/mol. The van der Waals surface area contributed by atoms with Crippen LogP contribution in [-0.4, -0.2) is 31.4 Å². The first-order valence-corrected chi connectivity index (χ1v) is 7.76. The molecule has 6 heteroatoms. The molecule has 1 aromatic rings. The van der Waals surface area contributed by atoms with E-state index < -0.39 is 17.2 Å². The van der Waals surface area contributed by atoms with E-state index in [2.05, 4.69) is 5.32 Å². The van der Waals surface area contributed by atoms with E-state index in [0.717, 1.165) is 24.7 Å². The Kier molecular flexibility index (Phi) is 7.11. The van der Waals surface area contributed by atoms with Gasteiger partial charge in [-0.2, -0.15) is 0 Å². The highest BCUT2D eigenvalue weighted by atomic mass is 32.2. The van der Waals surface area contributed by atoms with Crippen LogP contribution in [0.3, 0.4) is 0 Å². The second-order valence-electron chi connectivity index (χ2n) is 4.96. The van der Waals surface area contributed by atoms with Crippen molar-refractivity contribution in [3.63, 3.8) is 0 Å². The molecule has 1 aromatic carbocycles. The van der Waals surface area contributed by atoms with Gasteiger partial charge in [0.05, 0.1) is 7.11 Å². The zero-order valence-electron chi connectivity index (χ0n) is 12.5. The van der Waals surface area contributed by atoms with Crippen molar-refractivity contribution in [1.82, 2.24) is 5.32 Å². The van der Waals surface area contributed by atoms with Crippen molar-refractivity contribution in [2.45, 2.75) is 36.6 Å². The van der Waals surface area contributed by atoms with Crippen LogP contribution >= 0.6 is 11.8 Å². The number of ether oxygens (including phenoxy) is 1. The van der Waals surface area contributed by atoms with Crippen LogP contribution in [0.25, 0.3) is 0 Å². The maximum atomic E-state index is 13.0. The highest BCUT2D eigenvalue weighted by Gasteiger charge is 2.31. The molecule has 1 N–H and O–H groups in total. The Morgan fingerprint density at radius 1 is 1.33 bits per heavy atom. The first-order valence-electron chi connectivity index (χ1n) is 6.78. The second kappa shape index (κ2) is 8.34. The number of carbonyl (C=O) groups is 1. The number of unbranched alkanes of at least 4 members (excludes halogenated alkanes) is 1. The molecule has 0 radical (unpaired) electrons. The fraction of sp³-hybridized carbons (Fsp3) is 0.533. The molecule has 0 aliphatic heterocycles. The smallest absolute Gasteiger partial charge is 0.325 e. The number of nitrogens with one attached hydrogen (secondary N) is 1. The first kappa shape index (κ1) is 17.9. The largest absolute Gasteiger partial charge is 0.468 e. The molecule has 1 rings (SSSR count). The molecule has 0 heterocycles. The van der Waals surface area contributed by atoms with Crippen molar-refractivity contribution in [2.75, 3.05) is 19.9 Å². The molecule has 0 fully saturated rings. The van der Waals surface area contributed by atoms with Gasteiger partial charge in [0.25, 0.3) is 0 Å². The summed E-state index contributed by atoms with van der Waals surface area (Å²) in [6, 6.07) is 3.90. The minimum Gasteiger partial charge on any atom is -0.468 e. The van der Waals surface area contributed by atoms with Gasteiger partial charge in [-0.3, -0.25) is 4.79 Å². The number of rotatable bonds is 8. The standard InChI is InChI=1S/C15H21F2NO2S/c1-15(18-2,14(19)20-3)8-4-5-9-21-11-6-7-12(16)13(17)10-11/h6-7,10,18H,4-5,8-9H2,1-3H3. The van der Waals surface area contributed by atoms with Gasteiger partial charge in [0.2, 0.25) is 0 Å². The van der Waals surface area contributed by atoms with Crippen LogP contribution < -0.4 is 5.32 Å². The summed E-state index contributed by atoms with van der Waals surface area (Å²) in [5.74, 6) is -1.15. The van der Waals surface area contributed by atoms with Crippen LogP contribution in [0.2, 0.25) is 0 Å². The molecule has 1 atom stereocenters. The summed E-state index contributed by atoms with van der Waals surface area (Å²) in [7, 11) is 3.10. The fourth-order valence-electron chi connectivity index (χ4n) is 1.89. The Labute approximate surface area is 128 Å². The molecule has 0 saturated carbocycles. The third-order valence-corrected chi connectivity index (χ3v) is 4.50. The maximum absolute atomic E-state index is 13.0. The Morgan fingerprint density at radius 2 is 2.05 bits per heavy atom. The van der Waals surface area contributed by atoms with E-state index in [0.29, 0.717) is 11.3 Å². The quantitative estimate of drug-likeness (QED) is 0.453. The number of methoxy groups -OCH3 is 1. The highest BCUT2D eigenvalue weighted by molar-refractivity contribution is 7.99. The lowest BCUT2D eigenvalue weighted by molar-refractivity contribution is -0.148. The summed E-state index contributed by atoms with van der Waals surface area (Å²) in [4.78, 5) is 12.4. The van der Waals surface area contributed by atoms with Gasteiger partial charge in [-0.25, -0.2) is 8.78 Å². The first-order chi connectivity index (χ1) is 9.92. The molecule has 3 nitrogen and oxygen atoms in total. The molecule has 0 aliphatic carbocycles. The van der Waals surface area contributed by atoms with Crippen molar-refractivity contribution in [3.8, 4) is 0 Å². The zero-order chi connectivity index (χ0) is 15.9. The number of hydrogen-bond acceptors (Lipinski definition) is 4. The van der Waals surface area contributed by atoms with Crippen molar-refractivity contribution in [1.29, 1.82) is 0 Å². The molecule has 0 aliphatic rings. The summed E-state index contributed by atoms with van der Waals surface area (Å²) in [5, 5.41) is 2.98. The van der Waals surface area contributed by atoms with Crippen LogP contribution in [0.5, 0.6) is 0 Å². The number of hydrogen-bond donors (Lipinski definition) is 1. The molecule has 0 saturated heterocycles. The van der Waals surface area contributed by atoms with Gasteiger partial charge >= 0.3 is 5.97 Å². The Bertz CT molecular complexity index is 485. The maximum Gasteiger partial charge on any atom is 0.325 e. The van der Waals surface area contributed by atoms with E-state index in [1.54, 1.807) is 20.0 Å². The highest BCUT2D eigenvalue weighted by Crippen LogP contribution is 2.23. The Balaban J connectivity index is 2.34. The molecule has 0 amide bonds. The van der Waals surface area contributed by atoms with Crippen LogP contribution in [0.15, 0.2) is 23.1 Å². The van der Waals surface area contributed by atoms with Crippen molar-refractivity contribution < 1.29 is 18.3 Å². The SMILES string of the molecule is CNC(C)(CCCCSc1ccc(F)c(F)c1)C(=O)OC. The van der Waals surface area contributed by atoms with Crippen LogP contribution in [-0.2, 0) is 9.53 Å². The molecule has 0 bridgehead atoms. The van der Waals surface area contributed by atoms with Crippen molar-refractivity contribution in [2.24, 2.45) is 0 Å². The van der Waals surface area contributed by atoms with Gasteiger partial charge in [0.1, 0.15) is 5.54 Å². The van der Waals surface area contributed by atoms with E-state index in [4.69, 9.17) is 4.74 Å². The summed E-state index contributed by atoms with van der Waals surface area (Å²) in [6.45, 7) is 1.81. The van der Waals surface area contributed by atoms with E-state index in [9.17, 15) is 13.6 Å². The summed E-state index contributed by atoms with van der Waals surface area (Å²) < 4.78 is 30.6. The number of thioether (sulfide) groups is 1. The molecule has 21 heavy (non-hydrogen) atoms. The van der Waals surface area contributed by atoms with Gasteiger partial charge in [-0.1, -0.05) is 6.42 Å². The minimum absolute atomic E-state index is 0.279. The van der Waals surface area contributed by atoms with E-state index in [1.165, 1.54) is 24.9 Å².